The predicted molar refractivity (Wildman–Crippen MR) is 71.7 cm³/mol. The SMILES string of the molecule is COc1cc(CNC2CC2)cc(Br)c1OCC#N. The summed E-state index contributed by atoms with van der Waals surface area (Å²) in [5, 5.41) is 12.0. The number of halogens is 1. The van der Waals surface area contributed by atoms with Crippen LogP contribution in [0.25, 0.3) is 0 Å². The summed E-state index contributed by atoms with van der Waals surface area (Å²) in [4.78, 5) is 0. The highest BCUT2D eigenvalue weighted by atomic mass is 79.9. The Balaban J connectivity index is 2.12. The highest BCUT2D eigenvalue weighted by molar-refractivity contribution is 9.10. The first-order chi connectivity index (χ1) is 8.74. The summed E-state index contributed by atoms with van der Waals surface area (Å²) >= 11 is 3.45. The molecule has 0 heterocycles. The maximum Gasteiger partial charge on any atom is 0.176 e. The number of nitrogens with zero attached hydrogens (tertiary/aromatic N) is 1. The van der Waals surface area contributed by atoms with E-state index in [1.54, 1.807) is 7.11 Å². The Kier molecular flexibility index (Phi) is 4.45. The molecule has 1 aromatic carbocycles. The van der Waals surface area contributed by atoms with Gasteiger partial charge in [-0.1, -0.05) is 0 Å². The molecular weight excluding hydrogens is 296 g/mol. The maximum absolute atomic E-state index is 8.55. The number of benzene rings is 1. The lowest BCUT2D eigenvalue weighted by Gasteiger charge is -2.13. The van der Waals surface area contributed by atoms with E-state index in [0.29, 0.717) is 17.5 Å². The average Bonchev–Trinajstić information content (AvgIpc) is 3.18. The number of hydrogen-bond acceptors (Lipinski definition) is 4. The maximum atomic E-state index is 8.55. The van der Waals surface area contributed by atoms with Crippen LogP contribution in [0.5, 0.6) is 11.5 Å². The number of hydrogen-bond donors (Lipinski definition) is 1. The quantitative estimate of drug-likeness (QED) is 0.877. The van der Waals surface area contributed by atoms with Gasteiger partial charge in [-0.15, -0.1) is 0 Å². The Bertz CT molecular complexity index is 467. The monoisotopic (exact) mass is 310 g/mol. The van der Waals surface area contributed by atoms with Crippen molar-refractivity contribution in [1.29, 1.82) is 5.26 Å². The molecule has 1 aliphatic carbocycles. The van der Waals surface area contributed by atoms with Gasteiger partial charge < -0.3 is 14.8 Å². The van der Waals surface area contributed by atoms with Crippen molar-refractivity contribution in [3.8, 4) is 17.6 Å². The van der Waals surface area contributed by atoms with Gasteiger partial charge in [0.1, 0.15) is 6.07 Å². The molecule has 0 saturated heterocycles. The van der Waals surface area contributed by atoms with E-state index in [4.69, 9.17) is 14.7 Å². The van der Waals surface area contributed by atoms with Gasteiger partial charge in [0, 0.05) is 12.6 Å². The second kappa shape index (κ2) is 6.07. The van der Waals surface area contributed by atoms with Crippen molar-refractivity contribution >= 4 is 15.9 Å². The predicted octanol–water partition coefficient (Wildman–Crippen LogP) is 2.61. The molecule has 18 heavy (non-hydrogen) atoms. The largest absolute Gasteiger partial charge is 0.493 e. The Labute approximate surface area is 115 Å². The van der Waals surface area contributed by atoms with Gasteiger partial charge in [-0.25, -0.2) is 0 Å². The lowest BCUT2D eigenvalue weighted by atomic mass is 10.2. The minimum absolute atomic E-state index is 0.00856. The summed E-state index contributed by atoms with van der Waals surface area (Å²) in [5.74, 6) is 1.22. The molecule has 0 spiro atoms. The van der Waals surface area contributed by atoms with Gasteiger partial charge in [0.2, 0.25) is 0 Å². The molecule has 0 atom stereocenters. The minimum atomic E-state index is 0.00856. The third kappa shape index (κ3) is 3.37. The number of ether oxygens (including phenoxy) is 2. The molecule has 1 aliphatic rings. The van der Waals surface area contributed by atoms with Gasteiger partial charge in [0.15, 0.2) is 18.1 Å². The number of nitriles is 1. The van der Waals surface area contributed by atoms with Gasteiger partial charge in [0.05, 0.1) is 11.6 Å². The van der Waals surface area contributed by atoms with Crippen LogP contribution < -0.4 is 14.8 Å². The number of methoxy groups -OCH3 is 1. The average molecular weight is 311 g/mol. The third-order valence-electron chi connectivity index (χ3n) is 2.74. The normalized spacial score (nSPS) is 14.1. The van der Waals surface area contributed by atoms with Crippen LogP contribution in [0.15, 0.2) is 16.6 Å². The van der Waals surface area contributed by atoms with E-state index in [1.165, 1.54) is 12.8 Å². The standard InChI is InChI=1S/C13H15BrN2O2/c1-17-12-7-9(8-16-10-2-3-10)6-11(14)13(12)18-5-4-15/h6-7,10,16H,2-3,5,8H2,1H3. The second-order valence-electron chi connectivity index (χ2n) is 4.21. The third-order valence-corrected chi connectivity index (χ3v) is 3.33. The number of rotatable bonds is 6. The van der Waals surface area contributed by atoms with Crippen molar-refractivity contribution in [3.05, 3.63) is 22.2 Å². The topological polar surface area (TPSA) is 54.3 Å². The molecular formula is C13H15BrN2O2. The molecule has 2 rings (SSSR count). The lowest BCUT2D eigenvalue weighted by Crippen LogP contribution is -2.15. The molecule has 4 nitrogen and oxygen atoms in total. The van der Waals surface area contributed by atoms with Crippen LogP contribution in [0.1, 0.15) is 18.4 Å². The first-order valence-corrected chi connectivity index (χ1v) is 6.63. The smallest absolute Gasteiger partial charge is 0.176 e. The van der Waals surface area contributed by atoms with Crippen LogP contribution in [0.2, 0.25) is 0 Å². The van der Waals surface area contributed by atoms with Crippen molar-refractivity contribution in [2.45, 2.75) is 25.4 Å². The van der Waals surface area contributed by atoms with Crippen LogP contribution in [-0.2, 0) is 6.54 Å². The van der Waals surface area contributed by atoms with Crippen molar-refractivity contribution in [2.75, 3.05) is 13.7 Å². The molecule has 1 N–H and O–H groups in total. The molecule has 0 radical (unpaired) electrons. The molecule has 0 bridgehead atoms. The van der Waals surface area contributed by atoms with Gasteiger partial charge in [-0.05, 0) is 46.5 Å². The van der Waals surface area contributed by atoms with Crippen LogP contribution >= 0.6 is 15.9 Å². The van der Waals surface area contributed by atoms with E-state index in [2.05, 4.69) is 21.2 Å². The van der Waals surface area contributed by atoms with Crippen LogP contribution in [0, 0.1) is 11.3 Å². The zero-order chi connectivity index (χ0) is 13.0. The van der Waals surface area contributed by atoms with E-state index in [1.807, 2.05) is 18.2 Å². The van der Waals surface area contributed by atoms with E-state index >= 15 is 0 Å². The van der Waals surface area contributed by atoms with E-state index < -0.39 is 0 Å². The summed E-state index contributed by atoms with van der Waals surface area (Å²) in [6.07, 6.45) is 2.53. The fourth-order valence-electron chi connectivity index (χ4n) is 1.67. The molecule has 1 saturated carbocycles. The fourth-order valence-corrected chi connectivity index (χ4v) is 2.27. The number of nitrogens with one attached hydrogen (secondary N) is 1. The molecule has 1 fully saturated rings. The lowest BCUT2D eigenvalue weighted by molar-refractivity contribution is 0.327. The highest BCUT2D eigenvalue weighted by Gasteiger charge is 2.20. The summed E-state index contributed by atoms with van der Waals surface area (Å²) in [6, 6.07) is 6.55. The van der Waals surface area contributed by atoms with Gasteiger partial charge in [-0.2, -0.15) is 5.26 Å². The Hall–Kier alpha value is -1.25. The molecule has 0 amide bonds. The Morgan fingerprint density at radius 3 is 2.89 bits per heavy atom. The minimum Gasteiger partial charge on any atom is -0.493 e. The Morgan fingerprint density at radius 1 is 1.50 bits per heavy atom. The second-order valence-corrected chi connectivity index (χ2v) is 5.07. The van der Waals surface area contributed by atoms with Crippen LogP contribution in [0.4, 0.5) is 0 Å². The zero-order valence-corrected chi connectivity index (χ0v) is 11.8. The summed E-state index contributed by atoms with van der Waals surface area (Å²) in [7, 11) is 1.60. The van der Waals surface area contributed by atoms with Crippen molar-refractivity contribution in [1.82, 2.24) is 5.32 Å². The first kappa shape index (κ1) is 13.2. The van der Waals surface area contributed by atoms with Crippen LogP contribution in [-0.4, -0.2) is 19.8 Å². The van der Waals surface area contributed by atoms with E-state index in [9.17, 15) is 0 Å². The molecule has 0 aromatic heterocycles. The van der Waals surface area contributed by atoms with Gasteiger partial charge in [-0.3, -0.25) is 0 Å². The Morgan fingerprint density at radius 2 is 2.28 bits per heavy atom. The van der Waals surface area contributed by atoms with Gasteiger partial charge in [0.25, 0.3) is 0 Å². The van der Waals surface area contributed by atoms with Crippen LogP contribution in [0.3, 0.4) is 0 Å². The van der Waals surface area contributed by atoms with Crippen molar-refractivity contribution < 1.29 is 9.47 Å². The summed E-state index contributed by atoms with van der Waals surface area (Å²) in [6.45, 7) is 0.826. The fraction of sp³-hybridized carbons (Fsp3) is 0.462. The highest BCUT2D eigenvalue weighted by Crippen LogP contribution is 2.36. The molecule has 0 unspecified atom stereocenters. The molecule has 96 valence electrons. The van der Waals surface area contributed by atoms with Crippen molar-refractivity contribution in [3.63, 3.8) is 0 Å². The summed E-state index contributed by atoms with van der Waals surface area (Å²) in [5.41, 5.74) is 1.13. The molecule has 1 aromatic rings. The van der Waals surface area contributed by atoms with E-state index in [-0.39, 0.29) is 6.61 Å². The summed E-state index contributed by atoms with van der Waals surface area (Å²) < 4.78 is 11.5. The first-order valence-electron chi connectivity index (χ1n) is 5.84. The van der Waals surface area contributed by atoms with Crippen molar-refractivity contribution in [2.24, 2.45) is 0 Å². The van der Waals surface area contributed by atoms with E-state index in [0.717, 1.165) is 16.6 Å². The van der Waals surface area contributed by atoms with Gasteiger partial charge >= 0.3 is 0 Å². The molecule has 5 heteroatoms. The zero-order valence-electron chi connectivity index (χ0n) is 10.2. The molecule has 0 aliphatic heterocycles.